The molecule has 4 rings (SSSR count). The smallest absolute Gasteiger partial charge is 0.278 e. The number of benzene rings is 3. The average Bonchev–Trinajstić information content (AvgIpc) is 3.04. The standard InChI is InChI=1S/C25H22N2O4/c1-30-20-14-13-18(15-21(20)31-2)22-23(26-19-11-7-4-8-12-19)25(29)27(24(22)28)16-17-9-5-3-6-10-17/h3-15,26H,16H2,1-2H3. The molecule has 0 spiro atoms. The number of para-hydroxylation sites is 1. The van der Waals surface area contributed by atoms with Gasteiger partial charge in [0, 0.05) is 5.69 Å². The second-order valence-corrected chi connectivity index (χ2v) is 6.99. The van der Waals surface area contributed by atoms with Gasteiger partial charge in [0.15, 0.2) is 11.5 Å². The molecule has 3 aromatic carbocycles. The van der Waals surface area contributed by atoms with E-state index in [0.717, 1.165) is 11.3 Å². The van der Waals surface area contributed by atoms with Crippen molar-refractivity contribution in [3.05, 3.63) is 95.7 Å². The number of rotatable bonds is 7. The van der Waals surface area contributed by atoms with Gasteiger partial charge >= 0.3 is 0 Å². The van der Waals surface area contributed by atoms with E-state index in [4.69, 9.17) is 9.47 Å². The summed E-state index contributed by atoms with van der Waals surface area (Å²) in [5.74, 6) is 0.289. The first-order chi connectivity index (χ1) is 15.1. The lowest BCUT2D eigenvalue weighted by Crippen LogP contribution is -2.31. The summed E-state index contributed by atoms with van der Waals surface area (Å²) in [6, 6.07) is 23.9. The van der Waals surface area contributed by atoms with E-state index in [0.29, 0.717) is 22.6 Å². The summed E-state index contributed by atoms with van der Waals surface area (Å²) in [6.45, 7) is 0.190. The molecule has 0 aromatic heterocycles. The predicted octanol–water partition coefficient (Wildman–Crippen LogP) is 4.10. The summed E-state index contributed by atoms with van der Waals surface area (Å²) in [5.41, 5.74) is 2.70. The summed E-state index contributed by atoms with van der Waals surface area (Å²) in [6.07, 6.45) is 0. The van der Waals surface area contributed by atoms with Crippen molar-refractivity contribution >= 4 is 23.1 Å². The zero-order valence-electron chi connectivity index (χ0n) is 17.3. The number of nitrogens with zero attached hydrogens (tertiary/aromatic N) is 1. The van der Waals surface area contributed by atoms with Crippen LogP contribution in [0.5, 0.6) is 11.5 Å². The fourth-order valence-corrected chi connectivity index (χ4v) is 3.53. The largest absolute Gasteiger partial charge is 0.493 e. The van der Waals surface area contributed by atoms with Crippen LogP contribution in [0.4, 0.5) is 5.69 Å². The zero-order valence-corrected chi connectivity index (χ0v) is 17.3. The van der Waals surface area contributed by atoms with Gasteiger partial charge in [-0.2, -0.15) is 0 Å². The quantitative estimate of drug-likeness (QED) is 0.590. The van der Waals surface area contributed by atoms with Gasteiger partial charge in [-0.25, -0.2) is 0 Å². The van der Waals surface area contributed by atoms with Crippen LogP contribution in [0.3, 0.4) is 0 Å². The summed E-state index contributed by atoms with van der Waals surface area (Å²) in [7, 11) is 3.08. The van der Waals surface area contributed by atoms with Gasteiger partial charge in [-0.1, -0.05) is 54.6 Å². The second-order valence-electron chi connectivity index (χ2n) is 6.99. The lowest BCUT2D eigenvalue weighted by molar-refractivity contribution is -0.137. The zero-order chi connectivity index (χ0) is 21.8. The third-order valence-corrected chi connectivity index (χ3v) is 5.07. The Morgan fingerprint density at radius 3 is 2.06 bits per heavy atom. The molecule has 2 amide bonds. The third-order valence-electron chi connectivity index (χ3n) is 5.07. The molecule has 0 atom stereocenters. The lowest BCUT2D eigenvalue weighted by Gasteiger charge is -2.15. The minimum atomic E-state index is -0.373. The topological polar surface area (TPSA) is 67.9 Å². The molecule has 156 valence electrons. The van der Waals surface area contributed by atoms with Crippen LogP contribution in [-0.2, 0) is 16.1 Å². The van der Waals surface area contributed by atoms with Crippen molar-refractivity contribution in [2.45, 2.75) is 6.54 Å². The Bertz CT molecular complexity index is 1140. The summed E-state index contributed by atoms with van der Waals surface area (Å²) in [5, 5.41) is 3.15. The van der Waals surface area contributed by atoms with Crippen LogP contribution in [0.15, 0.2) is 84.6 Å². The second kappa shape index (κ2) is 8.75. The van der Waals surface area contributed by atoms with Crippen molar-refractivity contribution in [1.82, 2.24) is 4.90 Å². The number of ether oxygens (including phenoxy) is 2. The molecule has 1 N–H and O–H groups in total. The van der Waals surface area contributed by atoms with Crippen molar-refractivity contribution in [2.75, 3.05) is 19.5 Å². The molecule has 0 unspecified atom stereocenters. The molecule has 0 radical (unpaired) electrons. The third kappa shape index (κ3) is 4.00. The molecule has 1 aliphatic rings. The van der Waals surface area contributed by atoms with Crippen molar-refractivity contribution in [3.8, 4) is 11.5 Å². The minimum absolute atomic E-state index is 0.190. The number of nitrogens with one attached hydrogen (secondary N) is 1. The Morgan fingerprint density at radius 2 is 1.42 bits per heavy atom. The number of hydrogen-bond donors (Lipinski definition) is 1. The van der Waals surface area contributed by atoms with Crippen LogP contribution in [0, 0.1) is 0 Å². The molecule has 3 aromatic rings. The Morgan fingerprint density at radius 1 is 0.774 bits per heavy atom. The molecule has 6 nitrogen and oxygen atoms in total. The first-order valence-corrected chi connectivity index (χ1v) is 9.81. The van der Waals surface area contributed by atoms with Crippen molar-refractivity contribution < 1.29 is 19.1 Å². The van der Waals surface area contributed by atoms with Gasteiger partial charge in [0.25, 0.3) is 11.8 Å². The van der Waals surface area contributed by atoms with Gasteiger partial charge in [-0.3, -0.25) is 14.5 Å². The average molecular weight is 414 g/mol. The maximum Gasteiger partial charge on any atom is 0.278 e. The lowest BCUT2D eigenvalue weighted by atomic mass is 10.0. The molecule has 1 aliphatic heterocycles. The van der Waals surface area contributed by atoms with E-state index < -0.39 is 0 Å². The SMILES string of the molecule is COc1ccc(C2=C(Nc3ccccc3)C(=O)N(Cc3ccccc3)C2=O)cc1OC. The maximum absolute atomic E-state index is 13.4. The number of amides is 2. The normalized spacial score (nSPS) is 13.5. The number of carbonyl (C=O) groups is 2. The van der Waals surface area contributed by atoms with E-state index in [9.17, 15) is 9.59 Å². The number of anilines is 1. The van der Waals surface area contributed by atoms with Crippen LogP contribution < -0.4 is 14.8 Å². The van der Waals surface area contributed by atoms with E-state index in [-0.39, 0.29) is 24.1 Å². The number of methoxy groups -OCH3 is 2. The summed E-state index contributed by atoms with van der Waals surface area (Å²) < 4.78 is 10.7. The predicted molar refractivity (Wildman–Crippen MR) is 119 cm³/mol. The van der Waals surface area contributed by atoms with E-state index in [1.54, 1.807) is 25.3 Å². The molecule has 6 heteroatoms. The van der Waals surface area contributed by atoms with Gasteiger partial charge < -0.3 is 14.8 Å². The number of carbonyl (C=O) groups excluding carboxylic acids is 2. The number of hydrogen-bond acceptors (Lipinski definition) is 5. The molecular formula is C25H22N2O4. The molecule has 0 bridgehead atoms. The van der Waals surface area contributed by atoms with Crippen LogP contribution in [0.1, 0.15) is 11.1 Å². The van der Waals surface area contributed by atoms with E-state index in [2.05, 4.69) is 5.32 Å². The highest BCUT2D eigenvalue weighted by Gasteiger charge is 2.39. The first-order valence-electron chi connectivity index (χ1n) is 9.81. The number of imide groups is 1. The highest BCUT2D eigenvalue weighted by atomic mass is 16.5. The molecule has 31 heavy (non-hydrogen) atoms. The van der Waals surface area contributed by atoms with Gasteiger partial charge in [0.1, 0.15) is 5.70 Å². The highest BCUT2D eigenvalue weighted by molar-refractivity contribution is 6.36. The molecule has 1 heterocycles. The maximum atomic E-state index is 13.4. The first kappa shape index (κ1) is 20.2. The van der Waals surface area contributed by atoms with Gasteiger partial charge in [0.05, 0.1) is 26.3 Å². The van der Waals surface area contributed by atoms with Crippen LogP contribution in [0.2, 0.25) is 0 Å². The van der Waals surface area contributed by atoms with Crippen molar-refractivity contribution in [3.63, 3.8) is 0 Å². The van der Waals surface area contributed by atoms with Crippen molar-refractivity contribution in [2.24, 2.45) is 0 Å². The van der Waals surface area contributed by atoms with Gasteiger partial charge in [-0.05, 0) is 35.4 Å². The Hall–Kier alpha value is -4.06. The molecule has 0 aliphatic carbocycles. The monoisotopic (exact) mass is 414 g/mol. The fraction of sp³-hybridized carbons (Fsp3) is 0.120. The molecule has 0 saturated carbocycles. The summed E-state index contributed by atoms with van der Waals surface area (Å²) in [4.78, 5) is 28.0. The summed E-state index contributed by atoms with van der Waals surface area (Å²) >= 11 is 0. The van der Waals surface area contributed by atoms with Crippen LogP contribution in [0.25, 0.3) is 5.57 Å². The van der Waals surface area contributed by atoms with Gasteiger partial charge in [0.2, 0.25) is 0 Å². The van der Waals surface area contributed by atoms with Crippen LogP contribution >= 0.6 is 0 Å². The van der Waals surface area contributed by atoms with Crippen LogP contribution in [-0.4, -0.2) is 30.9 Å². The van der Waals surface area contributed by atoms with Crippen molar-refractivity contribution in [1.29, 1.82) is 0 Å². The Balaban J connectivity index is 1.78. The molecular weight excluding hydrogens is 392 g/mol. The van der Waals surface area contributed by atoms with E-state index >= 15 is 0 Å². The Labute approximate surface area is 180 Å². The molecule has 0 saturated heterocycles. The minimum Gasteiger partial charge on any atom is -0.493 e. The highest BCUT2D eigenvalue weighted by Crippen LogP contribution is 2.36. The molecule has 0 fully saturated rings. The Kier molecular flexibility index (Phi) is 5.71. The van der Waals surface area contributed by atoms with E-state index in [1.807, 2.05) is 60.7 Å². The van der Waals surface area contributed by atoms with E-state index in [1.165, 1.54) is 12.0 Å². The van der Waals surface area contributed by atoms with Gasteiger partial charge in [-0.15, -0.1) is 0 Å². The fourth-order valence-electron chi connectivity index (χ4n) is 3.53.